The fraction of sp³-hybridized carbons (Fsp3) is 0.143. The molecule has 2 aromatic carbocycles. The van der Waals surface area contributed by atoms with Gasteiger partial charge in [-0.2, -0.15) is 0 Å². The van der Waals surface area contributed by atoms with Crippen molar-refractivity contribution < 1.29 is 17.9 Å². The molecule has 0 spiro atoms. The summed E-state index contributed by atoms with van der Waals surface area (Å²) in [4.78, 5) is 16.5. The number of nitrogens with zero attached hydrogens (tertiary/aromatic N) is 1. The van der Waals surface area contributed by atoms with Crippen LogP contribution in [0.3, 0.4) is 0 Å². The number of amides is 1. The highest BCUT2D eigenvalue weighted by atomic mass is 32.2. The van der Waals surface area contributed by atoms with Crippen LogP contribution in [0.5, 0.6) is 5.75 Å². The van der Waals surface area contributed by atoms with E-state index in [1.165, 1.54) is 18.3 Å². The molecule has 0 radical (unpaired) electrons. The summed E-state index contributed by atoms with van der Waals surface area (Å²) in [6.45, 7) is 0.955. The Bertz CT molecular complexity index is 1150. The number of hydrogen-bond acceptors (Lipinski definition) is 5. The number of nitrogens with one attached hydrogen (secondary N) is 2. The molecule has 0 unspecified atom stereocenters. The van der Waals surface area contributed by atoms with Gasteiger partial charge in [-0.05, 0) is 41.5 Å². The Balaban J connectivity index is 1.52. The van der Waals surface area contributed by atoms with Gasteiger partial charge in [-0.1, -0.05) is 24.3 Å². The van der Waals surface area contributed by atoms with Crippen molar-refractivity contribution in [3.05, 3.63) is 83.7 Å². The molecule has 4 rings (SSSR count). The summed E-state index contributed by atoms with van der Waals surface area (Å²) in [6, 6.07) is 15.1. The number of anilines is 1. The van der Waals surface area contributed by atoms with Gasteiger partial charge in [0.1, 0.15) is 10.6 Å². The third-order valence-corrected chi connectivity index (χ3v) is 5.98. The van der Waals surface area contributed by atoms with E-state index < -0.39 is 15.9 Å². The predicted molar refractivity (Wildman–Crippen MR) is 108 cm³/mol. The third-order valence-electron chi connectivity index (χ3n) is 4.54. The van der Waals surface area contributed by atoms with Gasteiger partial charge >= 0.3 is 0 Å². The van der Waals surface area contributed by atoms with Crippen molar-refractivity contribution in [2.24, 2.45) is 0 Å². The lowest BCUT2D eigenvalue weighted by molar-refractivity contribution is 0.0947. The van der Waals surface area contributed by atoms with E-state index in [4.69, 9.17) is 4.74 Å². The summed E-state index contributed by atoms with van der Waals surface area (Å²) in [7, 11) is -3.95. The predicted octanol–water partition coefficient (Wildman–Crippen LogP) is 2.75. The highest BCUT2D eigenvalue weighted by Crippen LogP contribution is 2.26. The van der Waals surface area contributed by atoms with Crippen molar-refractivity contribution in [1.82, 2.24) is 10.3 Å². The standard InChI is InChI=1S/C21H19N3O4S/c25-21(23-13-15-7-8-19-16(12-15)9-11-28-19)18-5-1-2-6-20(18)29(26,27)24-17-4-3-10-22-14-17/h1-8,10,12,14,24H,9,11,13H2,(H,23,25). The molecule has 148 valence electrons. The molecular weight excluding hydrogens is 390 g/mol. The van der Waals surface area contributed by atoms with Crippen molar-refractivity contribution in [2.75, 3.05) is 11.3 Å². The number of aromatic nitrogens is 1. The van der Waals surface area contributed by atoms with Crippen molar-refractivity contribution in [1.29, 1.82) is 0 Å². The lowest BCUT2D eigenvalue weighted by atomic mass is 10.1. The highest BCUT2D eigenvalue weighted by Gasteiger charge is 2.22. The van der Waals surface area contributed by atoms with Crippen LogP contribution in [0.2, 0.25) is 0 Å². The number of carbonyl (C=O) groups is 1. The molecule has 2 heterocycles. The molecule has 3 aromatic rings. The van der Waals surface area contributed by atoms with Gasteiger partial charge in [-0.3, -0.25) is 14.5 Å². The second kappa shape index (κ2) is 7.92. The van der Waals surface area contributed by atoms with E-state index in [9.17, 15) is 13.2 Å². The average molecular weight is 409 g/mol. The number of rotatable bonds is 6. The fourth-order valence-electron chi connectivity index (χ4n) is 3.15. The number of hydrogen-bond donors (Lipinski definition) is 2. The Morgan fingerprint density at radius 1 is 1.10 bits per heavy atom. The van der Waals surface area contributed by atoms with E-state index in [1.807, 2.05) is 18.2 Å². The summed E-state index contributed by atoms with van der Waals surface area (Å²) >= 11 is 0. The van der Waals surface area contributed by atoms with Gasteiger partial charge in [-0.15, -0.1) is 0 Å². The topological polar surface area (TPSA) is 97.4 Å². The van der Waals surface area contributed by atoms with Gasteiger partial charge in [0.2, 0.25) is 0 Å². The molecule has 7 nitrogen and oxygen atoms in total. The number of benzene rings is 2. The van der Waals surface area contributed by atoms with E-state index in [0.29, 0.717) is 12.3 Å². The lowest BCUT2D eigenvalue weighted by Gasteiger charge is -2.12. The Labute approximate surface area is 168 Å². The smallest absolute Gasteiger partial charge is 0.262 e. The molecule has 0 saturated carbocycles. The number of pyridine rings is 1. The fourth-order valence-corrected chi connectivity index (χ4v) is 4.40. The molecule has 0 saturated heterocycles. The van der Waals surface area contributed by atoms with Crippen molar-refractivity contribution >= 4 is 21.6 Å². The molecule has 0 atom stereocenters. The lowest BCUT2D eigenvalue weighted by Crippen LogP contribution is -2.26. The minimum absolute atomic E-state index is 0.0772. The molecule has 1 aliphatic heterocycles. The first-order valence-corrected chi connectivity index (χ1v) is 10.6. The zero-order valence-electron chi connectivity index (χ0n) is 15.5. The van der Waals surface area contributed by atoms with Crippen LogP contribution in [0.1, 0.15) is 21.5 Å². The maximum Gasteiger partial charge on any atom is 0.262 e. The van der Waals surface area contributed by atoms with Gasteiger partial charge in [-0.25, -0.2) is 8.42 Å². The van der Waals surface area contributed by atoms with E-state index in [1.54, 1.807) is 30.5 Å². The monoisotopic (exact) mass is 409 g/mol. The van der Waals surface area contributed by atoms with Crippen molar-refractivity contribution in [3.63, 3.8) is 0 Å². The first-order chi connectivity index (χ1) is 14.0. The van der Waals surface area contributed by atoms with Crippen LogP contribution in [0.15, 0.2) is 71.9 Å². The minimum atomic E-state index is -3.95. The molecule has 8 heteroatoms. The van der Waals surface area contributed by atoms with Gasteiger partial charge < -0.3 is 10.1 Å². The summed E-state index contributed by atoms with van der Waals surface area (Å²) in [5, 5.41) is 2.80. The van der Waals surface area contributed by atoms with Crippen LogP contribution >= 0.6 is 0 Å². The summed E-state index contributed by atoms with van der Waals surface area (Å²) in [6.07, 6.45) is 3.79. The number of carbonyl (C=O) groups excluding carboxylic acids is 1. The Kier molecular flexibility index (Phi) is 5.18. The molecule has 0 fully saturated rings. The van der Waals surface area contributed by atoms with E-state index in [2.05, 4.69) is 15.0 Å². The first kappa shape index (κ1) is 18.9. The van der Waals surface area contributed by atoms with Crippen LogP contribution in [-0.2, 0) is 23.0 Å². The number of fused-ring (bicyclic) bond motifs is 1. The summed E-state index contributed by atoms with van der Waals surface area (Å²) in [5.41, 5.74) is 2.44. The first-order valence-electron chi connectivity index (χ1n) is 9.07. The van der Waals surface area contributed by atoms with E-state index in [-0.39, 0.29) is 17.0 Å². The Morgan fingerprint density at radius 3 is 2.79 bits per heavy atom. The van der Waals surface area contributed by atoms with E-state index >= 15 is 0 Å². The summed E-state index contributed by atoms with van der Waals surface area (Å²) in [5.74, 6) is 0.409. The maximum atomic E-state index is 12.8. The SMILES string of the molecule is O=C(NCc1ccc2c(c1)CCO2)c1ccccc1S(=O)(=O)Nc1cccnc1. The summed E-state index contributed by atoms with van der Waals surface area (Å²) < 4.78 is 33.5. The second-order valence-corrected chi connectivity index (χ2v) is 8.22. The minimum Gasteiger partial charge on any atom is -0.493 e. The molecule has 0 aliphatic carbocycles. The van der Waals surface area contributed by atoms with Gasteiger partial charge in [0.15, 0.2) is 0 Å². The molecule has 2 N–H and O–H groups in total. The van der Waals surface area contributed by atoms with Crippen molar-refractivity contribution in [2.45, 2.75) is 17.9 Å². The van der Waals surface area contributed by atoms with Crippen molar-refractivity contribution in [3.8, 4) is 5.75 Å². The number of sulfonamides is 1. The maximum absolute atomic E-state index is 12.8. The van der Waals surface area contributed by atoms with E-state index in [0.717, 1.165) is 23.3 Å². The van der Waals surface area contributed by atoms with Crippen LogP contribution in [0.25, 0.3) is 0 Å². The Hall–Kier alpha value is -3.39. The molecule has 1 amide bonds. The molecule has 29 heavy (non-hydrogen) atoms. The van der Waals surface area contributed by atoms with Crippen LogP contribution in [0, 0.1) is 0 Å². The highest BCUT2D eigenvalue weighted by molar-refractivity contribution is 7.92. The number of ether oxygens (including phenoxy) is 1. The molecule has 0 bridgehead atoms. The Morgan fingerprint density at radius 2 is 1.97 bits per heavy atom. The van der Waals surface area contributed by atoms with Gasteiger partial charge in [0.25, 0.3) is 15.9 Å². The molecule has 1 aromatic heterocycles. The normalized spacial score (nSPS) is 12.7. The second-order valence-electron chi connectivity index (χ2n) is 6.57. The quantitative estimate of drug-likeness (QED) is 0.652. The molecular formula is C21H19N3O4S. The zero-order chi connectivity index (χ0) is 20.3. The van der Waals surface area contributed by atoms with Gasteiger partial charge in [0, 0.05) is 19.2 Å². The molecule has 1 aliphatic rings. The largest absolute Gasteiger partial charge is 0.493 e. The van der Waals surface area contributed by atoms with Gasteiger partial charge in [0.05, 0.1) is 24.1 Å². The third kappa shape index (κ3) is 4.22. The average Bonchev–Trinajstić information content (AvgIpc) is 3.20. The van der Waals surface area contributed by atoms with Crippen LogP contribution in [-0.4, -0.2) is 25.9 Å². The van der Waals surface area contributed by atoms with Crippen LogP contribution in [0.4, 0.5) is 5.69 Å². The van der Waals surface area contributed by atoms with Crippen LogP contribution < -0.4 is 14.8 Å². The zero-order valence-corrected chi connectivity index (χ0v) is 16.3.